The van der Waals surface area contributed by atoms with Gasteiger partial charge < -0.3 is 4.42 Å². The number of nitrogens with zero attached hydrogens (tertiary/aromatic N) is 2. The Bertz CT molecular complexity index is 1060. The van der Waals surface area contributed by atoms with Crippen LogP contribution in [0.2, 0.25) is 0 Å². The van der Waals surface area contributed by atoms with Gasteiger partial charge in [-0.05, 0) is 48.7 Å². The zero-order chi connectivity index (χ0) is 19.4. The molecule has 3 aromatic rings. The van der Waals surface area contributed by atoms with E-state index in [9.17, 15) is 13.2 Å². The van der Waals surface area contributed by atoms with E-state index in [1.807, 2.05) is 12.3 Å². The molecule has 1 heterocycles. The second-order valence-corrected chi connectivity index (χ2v) is 8.68. The van der Waals surface area contributed by atoms with E-state index < -0.39 is 9.84 Å². The van der Waals surface area contributed by atoms with Crippen molar-refractivity contribution in [1.29, 1.82) is 0 Å². The van der Waals surface area contributed by atoms with Gasteiger partial charge in [0.2, 0.25) is 5.89 Å². The van der Waals surface area contributed by atoms with Gasteiger partial charge in [-0.2, -0.15) is 0 Å². The van der Waals surface area contributed by atoms with Crippen LogP contribution in [0.15, 0.2) is 62.7 Å². The normalized spacial score (nSPS) is 11.3. The van der Waals surface area contributed by atoms with Gasteiger partial charge in [0.1, 0.15) is 0 Å². The molecule has 140 valence electrons. The molecule has 0 spiro atoms. The summed E-state index contributed by atoms with van der Waals surface area (Å²) in [4.78, 5) is 13.5. The first kappa shape index (κ1) is 19.1. The zero-order valence-electron chi connectivity index (χ0n) is 14.7. The average molecular weight is 403 g/mol. The molecule has 3 rings (SSSR count). The summed E-state index contributed by atoms with van der Waals surface area (Å²) in [5.74, 6) is -0.144. The Morgan fingerprint density at radius 2 is 1.89 bits per heavy atom. The number of anilines is 1. The van der Waals surface area contributed by atoms with Gasteiger partial charge in [-0.15, -0.1) is 16.9 Å². The first-order valence-electron chi connectivity index (χ1n) is 8.05. The van der Waals surface area contributed by atoms with Crippen molar-refractivity contribution >= 4 is 33.5 Å². The van der Waals surface area contributed by atoms with E-state index in [1.165, 1.54) is 23.9 Å². The third-order valence-corrected chi connectivity index (χ3v) is 6.29. The lowest BCUT2D eigenvalue weighted by Gasteiger charge is -2.03. The molecule has 0 aliphatic rings. The summed E-state index contributed by atoms with van der Waals surface area (Å²) < 4.78 is 29.2. The SMILES string of the molecule is CCS(=O)(=O)c1ccc(-c2nnc(NC(=O)c3cccc(SC)c3)o2)cc1. The highest BCUT2D eigenvalue weighted by atomic mass is 32.2. The summed E-state index contributed by atoms with van der Waals surface area (Å²) in [6.45, 7) is 1.59. The van der Waals surface area contributed by atoms with Crippen molar-refractivity contribution in [3.05, 3.63) is 54.1 Å². The topological polar surface area (TPSA) is 102 Å². The van der Waals surface area contributed by atoms with Crippen LogP contribution in [0.3, 0.4) is 0 Å². The van der Waals surface area contributed by atoms with Crippen molar-refractivity contribution in [1.82, 2.24) is 10.2 Å². The summed E-state index contributed by atoms with van der Waals surface area (Å²) in [6, 6.07) is 13.3. The van der Waals surface area contributed by atoms with Crippen LogP contribution in [0.1, 0.15) is 17.3 Å². The summed E-state index contributed by atoms with van der Waals surface area (Å²) in [6.07, 6.45) is 1.93. The highest BCUT2D eigenvalue weighted by Gasteiger charge is 2.15. The van der Waals surface area contributed by atoms with Crippen LogP contribution >= 0.6 is 11.8 Å². The fraction of sp³-hybridized carbons (Fsp3) is 0.167. The molecule has 1 N–H and O–H groups in total. The number of benzene rings is 2. The molecule has 0 aliphatic carbocycles. The second kappa shape index (κ2) is 7.93. The maximum Gasteiger partial charge on any atom is 0.322 e. The third kappa shape index (κ3) is 4.37. The van der Waals surface area contributed by atoms with E-state index in [4.69, 9.17) is 4.42 Å². The van der Waals surface area contributed by atoms with Crippen molar-refractivity contribution in [2.45, 2.75) is 16.7 Å². The van der Waals surface area contributed by atoms with E-state index in [-0.39, 0.29) is 28.5 Å². The van der Waals surface area contributed by atoms with Crippen LogP contribution in [-0.4, -0.2) is 36.5 Å². The highest BCUT2D eigenvalue weighted by molar-refractivity contribution is 7.98. The number of nitrogens with one attached hydrogen (secondary N) is 1. The molecule has 0 saturated carbocycles. The van der Waals surface area contributed by atoms with Crippen molar-refractivity contribution in [2.24, 2.45) is 0 Å². The van der Waals surface area contributed by atoms with Gasteiger partial charge in [0, 0.05) is 16.0 Å². The highest BCUT2D eigenvalue weighted by Crippen LogP contribution is 2.23. The number of thioether (sulfide) groups is 1. The smallest absolute Gasteiger partial charge is 0.322 e. The summed E-state index contributed by atoms with van der Waals surface area (Å²) in [7, 11) is -3.27. The molecule has 2 aromatic carbocycles. The molecular weight excluding hydrogens is 386 g/mol. The van der Waals surface area contributed by atoms with Crippen LogP contribution < -0.4 is 5.32 Å². The first-order valence-corrected chi connectivity index (χ1v) is 10.9. The Hall–Kier alpha value is -2.65. The maximum absolute atomic E-state index is 12.3. The predicted molar refractivity (Wildman–Crippen MR) is 104 cm³/mol. The van der Waals surface area contributed by atoms with E-state index >= 15 is 0 Å². The number of hydrogen-bond donors (Lipinski definition) is 1. The van der Waals surface area contributed by atoms with Crippen molar-refractivity contribution < 1.29 is 17.6 Å². The van der Waals surface area contributed by atoms with Gasteiger partial charge in [0.05, 0.1) is 10.6 Å². The fourth-order valence-corrected chi connectivity index (χ4v) is 3.64. The van der Waals surface area contributed by atoms with Crippen LogP contribution in [0, 0.1) is 0 Å². The number of aromatic nitrogens is 2. The molecule has 9 heteroatoms. The summed E-state index contributed by atoms with van der Waals surface area (Å²) in [5, 5.41) is 10.3. The van der Waals surface area contributed by atoms with Gasteiger partial charge in [0.15, 0.2) is 9.84 Å². The Morgan fingerprint density at radius 1 is 1.15 bits per heavy atom. The summed E-state index contributed by atoms with van der Waals surface area (Å²) in [5.41, 5.74) is 1.04. The Labute approximate surface area is 161 Å². The van der Waals surface area contributed by atoms with Crippen LogP contribution in [0.4, 0.5) is 6.01 Å². The minimum absolute atomic E-state index is 0.0286. The van der Waals surface area contributed by atoms with Gasteiger partial charge in [-0.25, -0.2) is 8.42 Å². The van der Waals surface area contributed by atoms with Crippen molar-refractivity contribution in [2.75, 3.05) is 17.3 Å². The van der Waals surface area contributed by atoms with Crippen LogP contribution in [0.25, 0.3) is 11.5 Å². The zero-order valence-corrected chi connectivity index (χ0v) is 16.3. The molecule has 0 fully saturated rings. The predicted octanol–water partition coefficient (Wildman–Crippen LogP) is 3.50. The minimum Gasteiger partial charge on any atom is -0.403 e. The lowest BCUT2D eigenvalue weighted by Crippen LogP contribution is -2.12. The van der Waals surface area contributed by atoms with Gasteiger partial charge in [0.25, 0.3) is 5.91 Å². The number of carbonyl (C=O) groups excluding carboxylic acids is 1. The Morgan fingerprint density at radius 3 is 2.56 bits per heavy atom. The van der Waals surface area contributed by atoms with Crippen molar-refractivity contribution in [3.63, 3.8) is 0 Å². The van der Waals surface area contributed by atoms with Crippen LogP contribution in [0.5, 0.6) is 0 Å². The first-order chi connectivity index (χ1) is 12.9. The Kier molecular flexibility index (Phi) is 5.62. The number of rotatable bonds is 6. The molecule has 7 nitrogen and oxygen atoms in total. The molecule has 0 aliphatic heterocycles. The molecule has 0 unspecified atom stereocenters. The molecular formula is C18H17N3O4S2. The Balaban J connectivity index is 1.75. The lowest BCUT2D eigenvalue weighted by molar-refractivity contribution is 0.102. The molecule has 27 heavy (non-hydrogen) atoms. The standard InChI is InChI=1S/C18H17N3O4S2/c1-3-27(23,24)15-9-7-12(8-10-15)17-20-21-18(25-17)19-16(22)13-5-4-6-14(11-13)26-2/h4-11H,3H2,1-2H3,(H,19,21,22). The molecule has 1 aromatic heterocycles. The number of amides is 1. The molecule has 0 bridgehead atoms. The van der Waals surface area contributed by atoms with Gasteiger partial charge >= 0.3 is 6.01 Å². The lowest BCUT2D eigenvalue weighted by atomic mass is 10.2. The number of sulfone groups is 1. The van der Waals surface area contributed by atoms with Gasteiger partial charge in [-0.1, -0.05) is 18.1 Å². The molecule has 0 atom stereocenters. The average Bonchev–Trinajstić information content (AvgIpc) is 3.16. The van der Waals surface area contributed by atoms with Gasteiger partial charge in [-0.3, -0.25) is 10.1 Å². The van der Waals surface area contributed by atoms with E-state index in [0.717, 1.165) is 4.90 Å². The third-order valence-electron chi connectivity index (χ3n) is 3.82. The largest absolute Gasteiger partial charge is 0.403 e. The maximum atomic E-state index is 12.3. The number of carbonyl (C=O) groups is 1. The quantitative estimate of drug-likeness (QED) is 0.628. The van der Waals surface area contributed by atoms with E-state index in [0.29, 0.717) is 11.1 Å². The monoisotopic (exact) mass is 403 g/mol. The van der Waals surface area contributed by atoms with Crippen molar-refractivity contribution in [3.8, 4) is 11.5 Å². The minimum atomic E-state index is -3.27. The van der Waals surface area contributed by atoms with Crippen LogP contribution in [-0.2, 0) is 9.84 Å². The van der Waals surface area contributed by atoms with E-state index in [2.05, 4.69) is 15.5 Å². The molecule has 0 saturated heterocycles. The number of hydrogen-bond acceptors (Lipinski definition) is 7. The second-order valence-electron chi connectivity index (χ2n) is 5.53. The summed E-state index contributed by atoms with van der Waals surface area (Å²) >= 11 is 1.54. The fourth-order valence-electron chi connectivity index (χ4n) is 2.30. The molecule has 1 amide bonds. The van der Waals surface area contributed by atoms with E-state index in [1.54, 1.807) is 37.3 Å². The molecule has 0 radical (unpaired) electrons.